The van der Waals surface area contributed by atoms with Gasteiger partial charge in [-0.2, -0.15) is 0 Å². The summed E-state index contributed by atoms with van der Waals surface area (Å²) in [6, 6.07) is 15.7. The van der Waals surface area contributed by atoms with Gasteiger partial charge >= 0.3 is 7.12 Å². The highest BCUT2D eigenvalue weighted by molar-refractivity contribution is 6.58. The lowest BCUT2D eigenvalue weighted by molar-refractivity contribution is 0.362. The Morgan fingerprint density at radius 3 is 1.86 bits per heavy atom. The topological polar surface area (TPSA) is 52.5 Å². The van der Waals surface area contributed by atoms with Crippen molar-refractivity contribution in [3.8, 4) is 0 Å². The van der Waals surface area contributed by atoms with E-state index in [-0.39, 0.29) is 5.41 Å². The van der Waals surface area contributed by atoms with Crippen molar-refractivity contribution in [1.29, 1.82) is 0 Å². The molecule has 3 nitrogen and oxygen atoms in total. The molecule has 0 bridgehead atoms. The van der Waals surface area contributed by atoms with Gasteiger partial charge in [0.15, 0.2) is 0 Å². The van der Waals surface area contributed by atoms with Crippen LogP contribution >= 0.6 is 11.6 Å². The standard InChI is InChI=1S/C17H19BClNO2/c19-16-7-3-14(4-8-16)17(9-11-20-12-10-17)13-1-5-15(6-2-13)18(21)22/h1-8,20-22H,9-12H2. The summed E-state index contributed by atoms with van der Waals surface area (Å²) in [6.45, 7) is 1.93. The second-order valence-electron chi connectivity index (χ2n) is 5.83. The Morgan fingerprint density at radius 2 is 1.36 bits per heavy atom. The molecule has 2 aromatic carbocycles. The fraction of sp³-hybridized carbons (Fsp3) is 0.294. The molecule has 1 fully saturated rings. The lowest BCUT2D eigenvalue weighted by Crippen LogP contribution is -2.41. The van der Waals surface area contributed by atoms with Crippen LogP contribution in [-0.2, 0) is 5.41 Å². The van der Waals surface area contributed by atoms with Gasteiger partial charge in [-0.1, -0.05) is 48.0 Å². The molecule has 0 amide bonds. The third-order valence-corrected chi connectivity index (χ3v) is 4.87. The van der Waals surface area contributed by atoms with Gasteiger partial charge in [0.1, 0.15) is 0 Å². The Morgan fingerprint density at radius 1 is 0.864 bits per heavy atom. The molecule has 0 unspecified atom stereocenters. The third kappa shape index (κ3) is 2.92. The van der Waals surface area contributed by atoms with Crippen LogP contribution in [0.15, 0.2) is 48.5 Å². The van der Waals surface area contributed by atoms with E-state index in [1.54, 1.807) is 12.1 Å². The van der Waals surface area contributed by atoms with Gasteiger partial charge in [0.2, 0.25) is 0 Å². The van der Waals surface area contributed by atoms with E-state index < -0.39 is 7.12 Å². The van der Waals surface area contributed by atoms with Crippen LogP contribution in [0.2, 0.25) is 5.02 Å². The first-order valence-corrected chi connectivity index (χ1v) is 7.93. The van der Waals surface area contributed by atoms with Crippen molar-refractivity contribution in [3.63, 3.8) is 0 Å². The normalized spacial score (nSPS) is 17.2. The molecule has 3 N–H and O–H groups in total. The molecule has 0 atom stereocenters. The van der Waals surface area contributed by atoms with E-state index in [4.69, 9.17) is 11.6 Å². The molecular weight excluding hydrogens is 296 g/mol. The summed E-state index contributed by atoms with van der Waals surface area (Å²) in [6.07, 6.45) is 2.02. The minimum atomic E-state index is -1.42. The molecule has 0 aliphatic carbocycles. The fourth-order valence-electron chi connectivity index (χ4n) is 3.34. The van der Waals surface area contributed by atoms with E-state index in [2.05, 4.69) is 17.4 Å². The molecule has 114 valence electrons. The van der Waals surface area contributed by atoms with E-state index in [0.29, 0.717) is 5.46 Å². The second-order valence-corrected chi connectivity index (χ2v) is 6.27. The first-order valence-electron chi connectivity index (χ1n) is 7.55. The highest BCUT2D eigenvalue weighted by Gasteiger charge is 2.35. The zero-order valence-corrected chi connectivity index (χ0v) is 13.1. The lowest BCUT2D eigenvalue weighted by Gasteiger charge is -2.39. The first-order chi connectivity index (χ1) is 10.6. The predicted octanol–water partition coefficient (Wildman–Crippen LogP) is 1.69. The van der Waals surface area contributed by atoms with Crippen molar-refractivity contribution in [2.45, 2.75) is 18.3 Å². The zero-order chi connectivity index (χ0) is 15.6. The van der Waals surface area contributed by atoms with Crippen molar-refractivity contribution in [3.05, 3.63) is 64.7 Å². The Kier molecular flexibility index (Phi) is 4.55. The van der Waals surface area contributed by atoms with Crippen molar-refractivity contribution in [2.24, 2.45) is 0 Å². The molecule has 0 radical (unpaired) electrons. The summed E-state index contributed by atoms with van der Waals surface area (Å²) in [5, 5.41) is 22.7. The molecule has 1 saturated heterocycles. The van der Waals surface area contributed by atoms with Gasteiger partial charge in [-0.05, 0) is 54.7 Å². The average Bonchev–Trinajstić information content (AvgIpc) is 2.56. The van der Waals surface area contributed by atoms with Gasteiger partial charge < -0.3 is 15.4 Å². The van der Waals surface area contributed by atoms with E-state index in [1.165, 1.54) is 11.1 Å². The van der Waals surface area contributed by atoms with Crippen molar-refractivity contribution >= 4 is 24.2 Å². The van der Waals surface area contributed by atoms with E-state index >= 15 is 0 Å². The summed E-state index contributed by atoms with van der Waals surface area (Å²) >= 11 is 6.03. The van der Waals surface area contributed by atoms with Crippen LogP contribution in [-0.4, -0.2) is 30.3 Å². The smallest absolute Gasteiger partial charge is 0.423 e. The number of hydrogen-bond acceptors (Lipinski definition) is 3. The van der Waals surface area contributed by atoms with Crippen molar-refractivity contribution in [1.82, 2.24) is 5.32 Å². The molecular formula is C17H19BClNO2. The Hall–Kier alpha value is -1.33. The Balaban J connectivity index is 2.03. The maximum absolute atomic E-state index is 9.27. The zero-order valence-electron chi connectivity index (χ0n) is 12.3. The minimum absolute atomic E-state index is 0.0468. The highest BCUT2D eigenvalue weighted by Crippen LogP contribution is 2.40. The maximum Gasteiger partial charge on any atom is 0.488 e. The third-order valence-electron chi connectivity index (χ3n) is 4.62. The van der Waals surface area contributed by atoms with Crippen LogP contribution in [0.3, 0.4) is 0 Å². The quantitative estimate of drug-likeness (QED) is 0.756. The fourth-order valence-corrected chi connectivity index (χ4v) is 3.47. The van der Waals surface area contributed by atoms with Gasteiger partial charge in [-0.3, -0.25) is 0 Å². The summed E-state index contributed by atoms with van der Waals surface area (Å²) in [7, 11) is -1.42. The number of benzene rings is 2. The van der Waals surface area contributed by atoms with Crippen LogP contribution in [0.4, 0.5) is 0 Å². The molecule has 1 heterocycles. The molecule has 5 heteroatoms. The Labute approximate surface area is 136 Å². The van der Waals surface area contributed by atoms with Gasteiger partial charge in [0, 0.05) is 10.4 Å². The molecule has 0 spiro atoms. The molecule has 1 aliphatic rings. The number of piperidine rings is 1. The lowest BCUT2D eigenvalue weighted by atomic mass is 9.67. The minimum Gasteiger partial charge on any atom is -0.423 e. The molecule has 22 heavy (non-hydrogen) atoms. The van der Waals surface area contributed by atoms with E-state index in [1.807, 2.05) is 24.3 Å². The average molecular weight is 316 g/mol. The molecule has 0 saturated carbocycles. The summed E-state index contributed by atoms with van der Waals surface area (Å²) in [5.74, 6) is 0. The summed E-state index contributed by atoms with van der Waals surface area (Å²) in [4.78, 5) is 0. The maximum atomic E-state index is 9.27. The first kappa shape index (κ1) is 15.6. The Bertz CT molecular complexity index is 622. The summed E-state index contributed by atoms with van der Waals surface area (Å²) < 4.78 is 0. The van der Waals surface area contributed by atoms with Crippen LogP contribution in [0.25, 0.3) is 0 Å². The number of nitrogens with one attached hydrogen (secondary N) is 1. The van der Waals surface area contributed by atoms with Crippen LogP contribution in [0, 0.1) is 0 Å². The monoisotopic (exact) mass is 315 g/mol. The molecule has 2 aromatic rings. The van der Waals surface area contributed by atoms with E-state index in [9.17, 15) is 10.0 Å². The summed E-state index contributed by atoms with van der Waals surface area (Å²) in [5.41, 5.74) is 2.94. The van der Waals surface area contributed by atoms with Gasteiger partial charge in [-0.15, -0.1) is 0 Å². The number of halogens is 1. The van der Waals surface area contributed by atoms with Gasteiger partial charge in [-0.25, -0.2) is 0 Å². The van der Waals surface area contributed by atoms with Crippen LogP contribution < -0.4 is 10.8 Å². The number of rotatable bonds is 3. The predicted molar refractivity (Wildman–Crippen MR) is 90.6 cm³/mol. The SMILES string of the molecule is OB(O)c1ccc(C2(c3ccc(Cl)cc3)CCNCC2)cc1. The second kappa shape index (κ2) is 6.43. The number of hydrogen-bond donors (Lipinski definition) is 3. The molecule has 0 aromatic heterocycles. The van der Waals surface area contributed by atoms with E-state index in [0.717, 1.165) is 31.0 Å². The molecule has 3 rings (SSSR count). The van der Waals surface area contributed by atoms with Crippen molar-refractivity contribution in [2.75, 3.05) is 13.1 Å². The van der Waals surface area contributed by atoms with Crippen molar-refractivity contribution < 1.29 is 10.0 Å². The van der Waals surface area contributed by atoms with Crippen LogP contribution in [0.5, 0.6) is 0 Å². The largest absolute Gasteiger partial charge is 0.488 e. The molecule has 1 aliphatic heterocycles. The van der Waals surface area contributed by atoms with Crippen LogP contribution in [0.1, 0.15) is 24.0 Å². The van der Waals surface area contributed by atoms with Gasteiger partial charge in [0.25, 0.3) is 0 Å². The highest BCUT2D eigenvalue weighted by atomic mass is 35.5. The van der Waals surface area contributed by atoms with Gasteiger partial charge in [0.05, 0.1) is 0 Å².